The Balaban J connectivity index is 3.26. The van der Waals surface area contributed by atoms with Crippen LogP contribution in [0.5, 0.6) is 5.75 Å². The molecule has 0 amide bonds. The summed E-state index contributed by atoms with van der Waals surface area (Å²) in [5, 5.41) is -1.16. The van der Waals surface area contributed by atoms with Gasteiger partial charge in [0.05, 0.1) is 5.69 Å². The van der Waals surface area contributed by atoms with E-state index < -0.39 is 28.5 Å². The van der Waals surface area contributed by atoms with Crippen LogP contribution in [0, 0.1) is 6.92 Å². The van der Waals surface area contributed by atoms with Gasteiger partial charge in [-0.25, -0.2) is 0 Å². The molecule has 1 N–H and O–H groups in total. The average molecular weight is 256 g/mol. The Kier molecular flexibility index (Phi) is 3.27. The van der Waals surface area contributed by atoms with Gasteiger partial charge in [-0.3, -0.25) is 9.59 Å². The molecule has 4 nitrogen and oxygen atoms in total. The SMILES string of the molecule is Cc1[nH]c(=O)c(C(=O)Cl)cc1OC(F)(F)F. The molecule has 1 heterocycles. The van der Waals surface area contributed by atoms with Gasteiger partial charge < -0.3 is 9.72 Å². The molecule has 0 atom stereocenters. The van der Waals surface area contributed by atoms with E-state index in [1.165, 1.54) is 6.92 Å². The zero-order valence-electron chi connectivity index (χ0n) is 7.81. The topological polar surface area (TPSA) is 59.2 Å². The van der Waals surface area contributed by atoms with E-state index >= 15 is 0 Å². The highest BCUT2D eigenvalue weighted by Crippen LogP contribution is 2.24. The molecule has 0 unspecified atom stereocenters. The van der Waals surface area contributed by atoms with E-state index in [4.69, 9.17) is 11.6 Å². The van der Waals surface area contributed by atoms with Gasteiger partial charge in [0.1, 0.15) is 11.3 Å². The predicted octanol–water partition coefficient (Wildman–Crippen LogP) is 1.96. The number of aryl methyl sites for hydroxylation is 1. The number of aromatic nitrogens is 1. The van der Waals surface area contributed by atoms with Gasteiger partial charge in [0.2, 0.25) is 0 Å². The van der Waals surface area contributed by atoms with Crippen LogP contribution >= 0.6 is 11.6 Å². The molecule has 0 saturated carbocycles. The van der Waals surface area contributed by atoms with Gasteiger partial charge in [0.15, 0.2) is 0 Å². The third-order valence-electron chi connectivity index (χ3n) is 1.63. The lowest BCUT2D eigenvalue weighted by Crippen LogP contribution is -2.22. The Morgan fingerprint density at radius 1 is 1.50 bits per heavy atom. The standard InChI is InChI=1S/C8H5ClF3NO3/c1-3-5(16-8(10,11)12)2-4(6(9)14)7(15)13-3/h2H,1H3,(H,13,15). The maximum absolute atomic E-state index is 11.9. The summed E-state index contributed by atoms with van der Waals surface area (Å²) in [5.41, 5.74) is -1.62. The van der Waals surface area contributed by atoms with Crippen LogP contribution in [0.3, 0.4) is 0 Å². The third kappa shape index (κ3) is 2.99. The van der Waals surface area contributed by atoms with Crippen LogP contribution in [-0.4, -0.2) is 16.6 Å². The Hall–Kier alpha value is -1.50. The highest BCUT2D eigenvalue weighted by Gasteiger charge is 2.32. The molecule has 0 spiro atoms. The molecule has 1 rings (SSSR count). The molecule has 0 aliphatic carbocycles. The largest absolute Gasteiger partial charge is 0.573 e. The van der Waals surface area contributed by atoms with Crippen LogP contribution in [0.1, 0.15) is 16.1 Å². The molecule has 1 aromatic rings. The van der Waals surface area contributed by atoms with E-state index in [0.717, 1.165) is 0 Å². The number of alkyl halides is 3. The Morgan fingerprint density at radius 3 is 2.50 bits per heavy atom. The number of nitrogens with one attached hydrogen (secondary N) is 1. The molecule has 16 heavy (non-hydrogen) atoms. The van der Waals surface area contributed by atoms with Crippen molar-refractivity contribution in [3.63, 3.8) is 0 Å². The molecule has 1 aromatic heterocycles. The van der Waals surface area contributed by atoms with Crippen LogP contribution in [0.2, 0.25) is 0 Å². The van der Waals surface area contributed by atoms with Crippen LogP contribution in [0.25, 0.3) is 0 Å². The van der Waals surface area contributed by atoms with Crippen molar-refractivity contribution in [2.24, 2.45) is 0 Å². The molecule has 0 bridgehead atoms. The van der Waals surface area contributed by atoms with Crippen molar-refractivity contribution in [1.82, 2.24) is 4.98 Å². The van der Waals surface area contributed by atoms with Crippen LogP contribution < -0.4 is 10.3 Å². The molecule has 0 fully saturated rings. The molecule has 0 aliphatic heterocycles. The number of carbonyl (C=O) groups is 1. The molecule has 0 aliphatic rings. The van der Waals surface area contributed by atoms with Crippen molar-refractivity contribution < 1.29 is 22.7 Å². The minimum Gasteiger partial charge on any atom is -0.404 e. The van der Waals surface area contributed by atoms with Gasteiger partial charge in [0.25, 0.3) is 10.8 Å². The van der Waals surface area contributed by atoms with Crippen molar-refractivity contribution in [2.75, 3.05) is 0 Å². The Labute approximate surface area is 92.0 Å². The third-order valence-corrected chi connectivity index (χ3v) is 1.83. The lowest BCUT2D eigenvalue weighted by molar-refractivity contribution is -0.275. The second kappa shape index (κ2) is 4.17. The fourth-order valence-electron chi connectivity index (χ4n) is 0.981. The van der Waals surface area contributed by atoms with Gasteiger partial charge in [-0.15, -0.1) is 13.2 Å². The number of H-pyrrole nitrogens is 1. The van der Waals surface area contributed by atoms with E-state index in [9.17, 15) is 22.8 Å². The first-order valence-electron chi connectivity index (χ1n) is 3.90. The quantitative estimate of drug-likeness (QED) is 0.822. The lowest BCUT2D eigenvalue weighted by Gasteiger charge is -2.11. The Bertz CT molecular complexity index is 480. The van der Waals surface area contributed by atoms with Crippen LogP contribution in [0.4, 0.5) is 13.2 Å². The van der Waals surface area contributed by atoms with Gasteiger partial charge in [-0.2, -0.15) is 0 Å². The monoisotopic (exact) mass is 255 g/mol. The lowest BCUT2D eigenvalue weighted by atomic mass is 10.2. The number of aromatic amines is 1. The maximum atomic E-state index is 11.9. The van der Waals surface area contributed by atoms with E-state index in [-0.39, 0.29) is 5.69 Å². The summed E-state index contributed by atoms with van der Waals surface area (Å²) < 4.78 is 39.4. The fourth-order valence-corrected chi connectivity index (χ4v) is 1.12. The van der Waals surface area contributed by atoms with Gasteiger partial charge in [-0.1, -0.05) is 0 Å². The van der Waals surface area contributed by atoms with Crippen molar-refractivity contribution >= 4 is 16.8 Å². The normalized spacial score (nSPS) is 11.3. The molecule has 0 saturated heterocycles. The molecule has 0 radical (unpaired) electrons. The average Bonchev–Trinajstić information content (AvgIpc) is 2.07. The van der Waals surface area contributed by atoms with Gasteiger partial charge in [0, 0.05) is 0 Å². The van der Waals surface area contributed by atoms with E-state index in [0.29, 0.717) is 6.07 Å². The number of hydrogen-bond donors (Lipinski definition) is 1. The zero-order chi connectivity index (χ0) is 12.5. The molecule has 88 valence electrons. The molecule has 0 aromatic carbocycles. The number of pyridine rings is 1. The molecule has 8 heteroatoms. The van der Waals surface area contributed by atoms with Crippen molar-refractivity contribution in [3.8, 4) is 5.75 Å². The van der Waals surface area contributed by atoms with Crippen molar-refractivity contribution in [3.05, 3.63) is 27.7 Å². The second-order valence-corrected chi connectivity index (χ2v) is 3.17. The molecular weight excluding hydrogens is 251 g/mol. The first kappa shape index (κ1) is 12.6. The number of carbonyl (C=O) groups excluding carboxylic acids is 1. The van der Waals surface area contributed by atoms with Crippen molar-refractivity contribution in [2.45, 2.75) is 13.3 Å². The summed E-state index contributed by atoms with van der Waals surface area (Å²) in [6, 6.07) is 0.650. The summed E-state index contributed by atoms with van der Waals surface area (Å²) in [5.74, 6) is -0.670. The Morgan fingerprint density at radius 2 is 2.06 bits per heavy atom. The minimum atomic E-state index is -4.91. The second-order valence-electron chi connectivity index (χ2n) is 2.82. The van der Waals surface area contributed by atoms with E-state index in [1.54, 1.807) is 0 Å². The van der Waals surface area contributed by atoms with E-state index in [2.05, 4.69) is 4.74 Å². The van der Waals surface area contributed by atoms with Crippen molar-refractivity contribution in [1.29, 1.82) is 0 Å². The first-order valence-corrected chi connectivity index (χ1v) is 4.28. The number of halogens is 4. The highest BCUT2D eigenvalue weighted by atomic mass is 35.5. The number of hydrogen-bond acceptors (Lipinski definition) is 3. The van der Waals surface area contributed by atoms with Crippen LogP contribution in [0.15, 0.2) is 10.9 Å². The van der Waals surface area contributed by atoms with E-state index in [1.807, 2.05) is 4.98 Å². The maximum Gasteiger partial charge on any atom is 0.573 e. The zero-order valence-corrected chi connectivity index (χ0v) is 8.57. The van der Waals surface area contributed by atoms with Gasteiger partial charge in [-0.05, 0) is 24.6 Å². The van der Waals surface area contributed by atoms with Gasteiger partial charge >= 0.3 is 6.36 Å². The summed E-state index contributed by atoms with van der Waals surface area (Å²) in [6.07, 6.45) is -4.91. The predicted molar refractivity (Wildman–Crippen MR) is 48.7 cm³/mol. The number of rotatable bonds is 2. The molecular formula is C8H5ClF3NO3. The fraction of sp³-hybridized carbons (Fsp3) is 0.250. The minimum absolute atomic E-state index is 0.149. The summed E-state index contributed by atoms with van der Waals surface area (Å²) >= 11 is 5.01. The summed E-state index contributed by atoms with van der Waals surface area (Å²) in [4.78, 5) is 23.8. The summed E-state index contributed by atoms with van der Waals surface area (Å²) in [7, 11) is 0. The smallest absolute Gasteiger partial charge is 0.404 e. The highest BCUT2D eigenvalue weighted by molar-refractivity contribution is 6.67. The first-order chi connectivity index (χ1) is 7.20. The summed E-state index contributed by atoms with van der Waals surface area (Å²) in [6.45, 7) is 1.20. The van der Waals surface area contributed by atoms with Crippen LogP contribution in [-0.2, 0) is 0 Å². The number of ether oxygens (including phenoxy) is 1.